The summed E-state index contributed by atoms with van der Waals surface area (Å²) in [5, 5.41) is 3.27. The Morgan fingerprint density at radius 2 is 2.17 bits per heavy atom. The van der Waals surface area contributed by atoms with Crippen molar-refractivity contribution >= 4 is 6.08 Å². The maximum absolute atomic E-state index is 5.33. The Hall–Kier alpha value is -1.90. The van der Waals surface area contributed by atoms with Crippen LogP contribution in [-0.2, 0) is 0 Å². The van der Waals surface area contributed by atoms with Crippen molar-refractivity contribution in [1.29, 1.82) is 0 Å². The largest absolute Gasteiger partial charge is 0.454 e. The first-order chi connectivity index (χ1) is 8.65. The summed E-state index contributed by atoms with van der Waals surface area (Å²) < 4.78 is 10.6. The Bertz CT molecular complexity index is 464. The van der Waals surface area contributed by atoms with Gasteiger partial charge in [0.25, 0.3) is 0 Å². The minimum Gasteiger partial charge on any atom is -0.454 e. The van der Waals surface area contributed by atoms with Crippen LogP contribution in [0.3, 0.4) is 0 Å². The topological polar surface area (TPSA) is 30.5 Å². The molecule has 1 aromatic carbocycles. The van der Waals surface area contributed by atoms with Gasteiger partial charge >= 0.3 is 0 Å². The molecule has 1 aliphatic heterocycles. The predicted octanol–water partition coefficient (Wildman–Crippen LogP) is 3.19. The maximum Gasteiger partial charge on any atom is 0.231 e. The number of rotatable bonds is 5. The van der Waals surface area contributed by atoms with Crippen molar-refractivity contribution in [3.63, 3.8) is 0 Å². The molecule has 0 fully saturated rings. The predicted molar refractivity (Wildman–Crippen MR) is 73.6 cm³/mol. The van der Waals surface area contributed by atoms with Gasteiger partial charge in [-0.3, -0.25) is 0 Å². The first kappa shape index (κ1) is 12.6. The van der Waals surface area contributed by atoms with Gasteiger partial charge in [0, 0.05) is 12.2 Å². The molecule has 1 aliphatic rings. The lowest BCUT2D eigenvalue weighted by Gasteiger charge is -2.08. The van der Waals surface area contributed by atoms with Gasteiger partial charge in [-0.15, -0.1) is 0 Å². The summed E-state index contributed by atoms with van der Waals surface area (Å²) in [4.78, 5) is 0. The van der Waals surface area contributed by atoms with E-state index in [2.05, 4.69) is 25.7 Å². The van der Waals surface area contributed by atoms with Gasteiger partial charge in [0.2, 0.25) is 6.79 Å². The van der Waals surface area contributed by atoms with Crippen molar-refractivity contribution in [3.05, 3.63) is 42.1 Å². The van der Waals surface area contributed by atoms with Crippen molar-refractivity contribution in [2.45, 2.75) is 13.8 Å². The van der Waals surface area contributed by atoms with Gasteiger partial charge in [-0.1, -0.05) is 32.6 Å². The molecule has 2 rings (SSSR count). The normalized spacial score (nSPS) is 13.3. The van der Waals surface area contributed by atoms with Crippen LogP contribution in [0.2, 0.25) is 0 Å². The molecule has 18 heavy (non-hydrogen) atoms. The molecule has 1 N–H and O–H groups in total. The van der Waals surface area contributed by atoms with Crippen LogP contribution in [0, 0.1) is 5.92 Å². The lowest BCUT2D eigenvalue weighted by Crippen LogP contribution is -2.17. The first-order valence-corrected chi connectivity index (χ1v) is 6.15. The fourth-order valence-corrected chi connectivity index (χ4v) is 1.61. The molecular weight excluding hydrogens is 226 g/mol. The highest BCUT2D eigenvalue weighted by atomic mass is 16.7. The summed E-state index contributed by atoms with van der Waals surface area (Å²) in [7, 11) is 0. The standard InChI is InChI=1S/C15H19NO2/c1-11(2)9-16-12(3)4-5-13-6-7-14-15(8-13)18-10-17-14/h4-8,11,16H,3,9-10H2,1-2H3/b5-4+. The van der Waals surface area contributed by atoms with Gasteiger partial charge < -0.3 is 14.8 Å². The van der Waals surface area contributed by atoms with Crippen LogP contribution in [-0.4, -0.2) is 13.3 Å². The van der Waals surface area contributed by atoms with E-state index in [4.69, 9.17) is 9.47 Å². The van der Waals surface area contributed by atoms with Gasteiger partial charge in [0.1, 0.15) is 0 Å². The van der Waals surface area contributed by atoms with Crippen LogP contribution in [0.4, 0.5) is 0 Å². The van der Waals surface area contributed by atoms with E-state index in [0.29, 0.717) is 12.7 Å². The van der Waals surface area contributed by atoms with Crippen LogP contribution >= 0.6 is 0 Å². The first-order valence-electron chi connectivity index (χ1n) is 6.15. The molecule has 0 amide bonds. The molecule has 0 atom stereocenters. The fraction of sp³-hybridized carbons (Fsp3) is 0.333. The van der Waals surface area contributed by atoms with E-state index in [0.717, 1.165) is 29.3 Å². The van der Waals surface area contributed by atoms with E-state index in [1.807, 2.05) is 30.4 Å². The third kappa shape index (κ3) is 3.29. The molecular formula is C15H19NO2. The molecule has 0 aromatic heterocycles. The lowest BCUT2D eigenvalue weighted by atomic mass is 10.1. The fourth-order valence-electron chi connectivity index (χ4n) is 1.61. The zero-order valence-electron chi connectivity index (χ0n) is 10.9. The molecule has 0 unspecified atom stereocenters. The second-order valence-electron chi connectivity index (χ2n) is 4.75. The smallest absolute Gasteiger partial charge is 0.231 e. The SMILES string of the molecule is C=C(/C=C/c1ccc2c(c1)OCO2)NCC(C)C. The van der Waals surface area contributed by atoms with Crippen molar-refractivity contribution in [1.82, 2.24) is 5.32 Å². The third-order valence-electron chi connectivity index (χ3n) is 2.61. The number of fused-ring (bicyclic) bond motifs is 1. The molecule has 0 aliphatic carbocycles. The highest BCUT2D eigenvalue weighted by Gasteiger charge is 2.11. The van der Waals surface area contributed by atoms with E-state index < -0.39 is 0 Å². The van der Waals surface area contributed by atoms with E-state index >= 15 is 0 Å². The zero-order chi connectivity index (χ0) is 13.0. The third-order valence-corrected chi connectivity index (χ3v) is 2.61. The number of allylic oxidation sites excluding steroid dienone is 1. The molecule has 0 saturated carbocycles. The quantitative estimate of drug-likeness (QED) is 0.808. The molecule has 1 heterocycles. The Kier molecular flexibility index (Phi) is 3.92. The molecule has 1 aromatic rings. The molecule has 96 valence electrons. The van der Waals surface area contributed by atoms with E-state index in [-0.39, 0.29) is 0 Å². The molecule has 3 nitrogen and oxygen atoms in total. The van der Waals surface area contributed by atoms with Crippen molar-refractivity contribution in [2.75, 3.05) is 13.3 Å². The summed E-state index contributed by atoms with van der Waals surface area (Å²) in [6.07, 6.45) is 3.98. The average molecular weight is 245 g/mol. The van der Waals surface area contributed by atoms with Crippen molar-refractivity contribution < 1.29 is 9.47 Å². The molecule has 3 heteroatoms. The number of benzene rings is 1. The van der Waals surface area contributed by atoms with Crippen molar-refractivity contribution in [2.24, 2.45) is 5.92 Å². The van der Waals surface area contributed by atoms with Gasteiger partial charge in [0.15, 0.2) is 11.5 Å². The molecule has 0 radical (unpaired) electrons. The summed E-state index contributed by atoms with van der Waals surface area (Å²) >= 11 is 0. The number of hydrogen-bond donors (Lipinski definition) is 1. The number of ether oxygens (including phenoxy) is 2. The summed E-state index contributed by atoms with van der Waals surface area (Å²) in [5.74, 6) is 2.22. The minimum atomic E-state index is 0.311. The van der Waals surface area contributed by atoms with Gasteiger partial charge in [-0.25, -0.2) is 0 Å². The molecule has 0 saturated heterocycles. The Labute approximate surface area is 108 Å². The van der Waals surface area contributed by atoms with Crippen LogP contribution in [0.5, 0.6) is 11.5 Å². The van der Waals surface area contributed by atoms with Gasteiger partial charge in [0.05, 0.1) is 0 Å². The van der Waals surface area contributed by atoms with Gasteiger partial charge in [-0.2, -0.15) is 0 Å². The van der Waals surface area contributed by atoms with E-state index in [9.17, 15) is 0 Å². The molecule has 0 bridgehead atoms. The van der Waals surface area contributed by atoms with Gasteiger partial charge in [-0.05, 0) is 29.7 Å². The second kappa shape index (κ2) is 5.63. The summed E-state index contributed by atoms with van der Waals surface area (Å²) in [6, 6.07) is 5.89. The highest BCUT2D eigenvalue weighted by molar-refractivity contribution is 5.58. The average Bonchev–Trinajstić information content (AvgIpc) is 2.81. The van der Waals surface area contributed by atoms with E-state index in [1.165, 1.54) is 0 Å². The highest BCUT2D eigenvalue weighted by Crippen LogP contribution is 2.32. The second-order valence-corrected chi connectivity index (χ2v) is 4.75. The van der Waals surface area contributed by atoms with E-state index in [1.54, 1.807) is 0 Å². The van der Waals surface area contributed by atoms with Crippen LogP contribution in [0.1, 0.15) is 19.4 Å². The Balaban J connectivity index is 1.94. The number of hydrogen-bond acceptors (Lipinski definition) is 3. The lowest BCUT2D eigenvalue weighted by molar-refractivity contribution is 0.174. The van der Waals surface area contributed by atoms with Crippen LogP contribution < -0.4 is 14.8 Å². The minimum absolute atomic E-state index is 0.311. The zero-order valence-corrected chi connectivity index (χ0v) is 10.9. The van der Waals surface area contributed by atoms with Crippen LogP contribution in [0.15, 0.2) is 36.6 Å². The summed E-state index contributed by atoms with van der Waals surface area (Å²) in [6.45, 7) is 9.54. The monoisotopic (exact) mass is 245 g/mol. The maximum atomic E-state index is 5.33. The summed E-state index contributed by atoms with van der Waals surface area (Å²) in [5.41, 5.74) is 1.99. The molecule has 0 spiro atoms. The van der Waals surface area contributed by atoms with Crippen molar-refractivity contribution in [3.8, 4) is 11.5 Å². The number of nitrogens with one attached hydrogen (secondary N) is 1. The van der Waals surface area contributed by atoms with Crippen LogP contribution in [0.25, 0.3) is 6.08 Å². The Morgan fingerprint density at radius 3 is 2.94 bits per heavy atom. The Morgan fingerprint density at radius 1 is 1.39 bits per heavy atom.